The van der Waals surface area contributed by atoms with E-state index in [0.29, 0.717) is 17.3 Å². The van der Waals surface area contributed by atoms with E-state index in [1.807, 2.05) is 19.1 Å². The van der Waals surface area contributed by atoms with Gasteiger partial charge < -0.3 is 5.32 Å². The van der Waals surface area contributed by atoms with E-state index in [2.05, 4.69) is 42.4 Å². The van der Waals surface area contributed by atoms with Crippen LogP contribution in [0, 0.1) is 18.3 Å². The lowest BCUT2D eigenvalue weighted by Gasteiger charge is -2.10. The average molecular weight is 251 g/mol. The van der Waals surface area contributed by atoms with Crippen molar-refractivity contribution in [3.05, 3.63) is 53.2 Å². The largest absolute Gasteiger partial charge is 0.340 e. The minimum Gasteiger partial charge on any atom is -0.340 e. The van der Waals surface area contributed by atoms with Crippen LogP contribution in [0.5, 0.6) is 0 Å². The fourth-order valence-corrected chi connectivity index (χ4v) is 1.92. The number of nitrogens with zero attached hydrogens (tertiary/aromatic N) is 2. The number of aromatic nitrogens is 1. The summed E-state index contributed by atoms with van der Waals surface area (Å²) in [6, 6.07) is 13.9. The molecule has 1 N–H and O–H groups in total. The van der Waals surface area contributed by atoms with Crippen LogP contribution in [0.25, 0.3) is 0 Å². The van der Waals surface area contributed by atoms with E-state index in [1.165, 1.54) is 5.56 Å². The zero-order chi connectivity index (χ0) is 13.8. The van der Waals surface area contributed by atoms with Gasteiger partial charge in [-0.25, -0.2) is 4.98 Å². The summed E-state index contributed by atoms with van der Waals surface area (Å²) in [5.74, 6) is 1.19. The zero-order valence-electron chi connectivity index (χ0n) is 11.4. The summed E-state index contributed by atoms with van der Waals surface area (Å²) in [6.45, 7) is 6.21. The Morgan fingerprint density at radius 2 is 2.00 bits per heavy atom. The summed E-state index contributed by atoms with van der Waals surface area (Å²) < 4.78 is 0. The monoisotopic (exact) mass is 251 g/mol. The normalized spacial score (nSPS) is 10.3. The van der Waals surface area contributed by atoms with Crippen molar-refractivity contribution in [1.82, 2.24) is 4.98 Å². The van der Waals surface area contributed by atoms with Crippen LogP contribution in [0.4, 0.5) is 11.5 Å². The molecule has 2 rings (SSSR count). The van der Waals surface area contributed by atoms with Crippen LogP contribution in [0.3, 0.4) is 0 Å². The Balaban J connectivity index is 2.28. The van der Waals surface area contributed by atoms with Crippen molar-refractivity contribution in [3.63, 3.8) is 0 Å². The number of nitrogens with one attached hydrogen (secondary N) is 1. The van der Waals surface area contributed by atoms with Gasteiger partial charge in [0.15, 0.2) is 0 Å². The van der Waals surface area contributed by atoms with Gasteiger partial charge in [-0.1, -0.05) is 26.0 Å². The summed E-state index contributed by atoms with van der Waals surface area (Å²) in [7, 11) is 0. The first-order valence-electron chi connectivity index (χ1n) is 6.34. The minimum atomic E-state index is 0.488. The Hall–Kier alpha value is -2.34. The second kappa shape index (κ2) is 5.53. The Bertz CT molecular complexity index is 624. The summed E-state index contributed by atoms with van der Waals surface area (Å²) >= 11 is 0. The van der Waals surface area contributed by atoms with E-state index < -0.39 is 0 Å². The van der Waals surface area contributed by atoms with Crippen LogP contribution in [0.2, 0.25) is 0 Å². The maximum atomic E-state index is 8.96. The topological polar surface area (TPSA) is 48.7 Å². The molecule has 1 aromatic heterocycles. The molecule has 0 spiro atoms. The number of pyridine rings is 1. The first-order valence-corrected chi connectivity index (χ1v) is 6.34. The van der Waals surface area contributed by atoms with Crippen molar-refractivity contribution >= 4 is 11.5 Å². The van der Waals surface area contributed by atoms with Crippen LogP contribution in [-0.2, 0) is 0 Å². The quantitative estimate of drug-likeness (QED) is 0.892. The molecule has 0 aliphatic carbocycles. The molecule has 96 valence electrons. The first-order chi connectivity index (χ1) is 9.08. The fraction of sp³-hybridized carbons (Fsp3) is 0.250. The Kier molecular flexibility index (Phi) is 3.82. The first kappa shape index (κ1) is 13.1. The van der Waals surface area contributed by atoms with Gasteiger partial charge in [-0.3, -0.25) is 0 Å². The molecule has 0 atom stereocenters. The van der Waals surface area contributed by atoms with Crippen LogP contribution < -0.4 is 5.32 Å². The van der Waals surface area contributed by atoms with Crippen molar-refractivity contribution in [2.75, 3.05) is 5.32 Å². The summed E-state index contributed by atoms with van der Waals surface area (Å²) in [5.41, 5.74) is 3.72. The van der Waals surface area contributed by atoms with Crippen molar-refractivity contribution < 1.29 is 0 Å². The van der Waals surface area contributed by atoms with Gasteiger partial charge in [0.2, 0.25) is 0 Å². The van der Waals surface area contributed by atoms with Gasteiger partial charge in [0, 0.05) is 11.4 Å². The SMILES string of the molecule is Cc1cc(C#N)cc(Nc2cccc(C(C)C)c2)n1. The molecule has 0 unspecified atom stereocenters. The van der Waals surface area contributed by atoms with Gasteiger partial charge >= 0.3 is 0 Å². The highest BCUT2D eigenvalue weighted by molar-refractivity contribution is 5.59. The number of aryl methyl sites for hydroxylation is 1. The van der Waals surface area contributed by atoms with Gasteiger partial charge in [-0.15, -0.1) is 0 Å². The lowest BCUT2D eigenvalue weighted by molar-refractivity contribution is 0.867. The minimum absolute atomic E-state index is 0.488. The molecule has 19 heavy (non-hydrogen) atoms. The van der Waals surface area contributed by atoms with Gasteiger partial charge in [0.05, 0.1) is 11.6 Å². The van der Waals surface area contributed by atoms with E-state index in [4.69, 9.17) is 5.26 Å². The Morgan fingerprint density at radius 1 is 1.21 bits per heavy atom. The molecule has 0 bridgehead atoms. The van der Waals surface area contributed by atoms with Crippen molar-refractivity contribution in [2.45, 2.75) is 26.7 Å². The van der Waals surface area contributed by atoms with Crippen LogP contribution in [-0.4, -0.2) is 4.98 Å². The predicted octanol–water partition coefficient (Wildman–Crippen LogP) is 4.13. The Labute approximate surface area is 113 Å². The van der Waals surface area contributed by atoms with Crippen LogP contribution in [0.15, 0.2) is 36.4 Å². The lowest BCUT2D eigenvalue weighted by atomic mass is 10.0. The summed E-state index contributed by atoms with van der Waals surface area (Å²) in [4.78, 5) is 4.39. The van der Waals surface area contributed by atoms with Crippen LogP contribution >= 0.6 is 0 Å². The third-order valence-electron chi connectivity index (χ3n) is 2.91. The third kappa shape index (κ3) is 3.32. The molecule has 1 heterocycles. The average Bonchev–Trinajstić information content (AvgIpc) is 2.38. The smallest absolute Gasteiger partial charge is 0.131 e. The van der Waals surface area contributed by atoms with Gasteiger partial charge in [-0.2, -0.15) is 5.26 Å². The maximum absolute atomic E-state index is 8.96. The van der Waals surface area contributed by atoms with Crippen molar-refractivity contribution in [2.24, 2.45) is 0 Å². The van der Waals surface area contributed by atoms with Crippen molar-refractivity contribution in [3.8, 4) is 6.07 Å². The maximum Gasteiger partial charge on any atom is 0.131 e. The molecule has 0 fully saturated rings. The van der Waals surface area contributed by atoms with Gasteiger partial charge in [0.25, 0.3) is 0 Å². The lowest BCUT2D eigenvalue weighted by Crippen LogP contribution is -1.97. The molecular weight excluding hydrogens is 234 g/mol. The second-order valence-electron chi connectivity index (χ2n) is 4.90. The highest BCUT2D eigenvalue weighted by Gasteiger charge is 2.03. The number of nitriles is 1. The van der Waals surface area contributed by atoms with E-state index in [-0.39, 0.29) is 0 Å². The molecule has 0 amide bonds. The molecule has 3 nitrogen and oxygen atoms in total. The number of benzene rings is 1. The molecule has 2 aromatic rings. The van der Waals surface area contributed by atoms with E-state index in [9.17, 15) is 0 Å². The molecule has 3 heteroatoms. The zero-order valence-corrected chi connectivity index (χ0v) is 11.4. The van der Waals surface area contributed by atoms with E-state index in [0.717, 1.165) is 11.4 Å². The highest BCUT2D eigenvalue weighted by Crippen LogP contribution is 2.21. The Morgan fingerprint density at radius 3 is 2.68 bits per heavy atom. The number of hydrogen-bond donors (Lipinski definition) is 1. The molecule has 0 radical (unpaired) electrons. The molecular formula is C16H17N3. The molecule has 0 saturated carbocycles. The highest BCUT2D eigenvalue weighted by atomic mass is 15.0. The van der Waals surface area contributed by atoms with Gasteiger partial charge in [-0.05, 0) is 42.7 Å². The molecule has 0 aliphatic heterocycles. The summed E-state index contributed by atoms with van der Waals surface area (Å²) in [6.07, 6.45) is 0. The second-order valence-corrected chi connectivity index (χ2v) is 4.90. The number of rotatable bonds is 3. The molecule has 1 aromatic carbocycles. The number of anilines is 2. The van der Waals surface area contributed by atoms with E-state index >= 15 is 0 Å². The third-order valence-corrected chi connectivity index (χ3v) is 2.91. The molecule has 0 aliphatic rings. The van der Waals surface area contributed by atoms with E-state index in [1.54, 1.807) is 12.1 Å². The standard InChI is InChI=1S/C16H17N3/c1-11(2)14-5-4-6-15(9-14)19-16-8-13(10-17)7-12(3)18-16/h4-9,11H,1-3H3,(H,18,19). The predicted molar refractivity (Wildman–Crippen MR) is 77.5 cm³/mol. The fourth-order valence-electron chi connectivity index (χ4n) is 1.92. The summed E-state index contributed by atoms with van der Waals surface area (Å²) in [5, 5.41) is 12.2. The van der Waals surface area contributed by atoms with Gasteiger partial charge in [0.1, 0.15) is 5.82 Å². The van der Waals surface area contributed by atoms with Crippen molar-refractivity contribution in [1.29, 1.82) is 5.26 Å². The molecule has 0 saturated heterocycles. The van der Waals surface area contributed by atoms with Crippen LogP contribution in [0.1, 0.15) is 36.6 Å². The number of hydrogen-bond acceptors (Lipinski definition) is 3.